The number of ether oxygens (including phenoxy) is 1. The van der Waals surface area contributed by atoms with Gasteiger partial charge in [-0.2, -0.15) is 0 Å². The van der Waals surface area contributed by atoms with E-state index in [1.807, 2.05) is 17.5 Å². The predicted octanol–water partition coefficient (Wildman–Crippen LogP) is 7.85. The number of thiophene rings is 1. The molecule has 2 aromatic rings. The van der Waals surface area contributed by atoms with E-state index in [4.69, 9.17) is 13.6 Å². The first-order chi connectivity index (χ1) is 15.2. The van der Waals surface area contributed by atoms with Crippen molar-refractivity contribution in [3.05, 3.63) is 51.2 Å². The van der Waals surface area contributed by atoms with Crippen molar-refractivity contribution in [3.8, 4) is 5.75 Å². The smallest absolute Gasteiger partial charge is 0.205 e. The Bertz CT molecular complexity index is 910. The van der Waals surface area contributed by atoms with Gasteiger partial charge in [0, 0.05) is 15.8 Å². The zero-order valence-electron chi connectivity index (χ0n) is 21.9. The minimum atomic E-state index is -0.936. The number of carbonyl (C=O) groups is 1. The molecule has 4 nitrogen and oxygen atoms in total. The van der Waals surface area contributed by atoms with E-state index in [2.05, 4.69) is 79.9 Å². The summed E-state index contributed by atoms with van der Waals surface area (Å²) in [7, 11) is -1.85. The standard InChI is InChI=1S/C26H40O4SSi2/c1-25(2,3)23(29-32(7)8)21-12-11-19(28-16-20-13-18(15-27)17-31-20)14-22(21)24(26(4,5)6)30-33(9)10/h11-15,17,23-24H,16H2,1-10H3. The monoisotopic (exact) mass is 504 g/mol. The average Bonchev–Trinajstić information content (AvgIpc) is 3.15. The van der Waals surface area contributed by atoms with E-state index >= 15 is 0 Å². The molecule has 0 bridgehead atoms. The van der Waals surface area contributed by atoms with Crippen molar-refractivity contribution in [2.24, 2.45) is 10.8 Å². The zero-order valence-corrected chi connectivity index (χ0v) is 24.7. The fourth-order valence-electron chi connectivity index (χ4n) is 3.68. The highest BCUT2D eigenvalue weighted by Gasteiger charge is 2.36. The summed E-state index contributed by atoms with van der Waals surface area (Å²) in [6.45, 7) is 22.6. The Balaban J connectivity index is 2.54. The maximum absolute atomic E-state index is 11.0. The fourth-order valence-corrected chi connectivity index (χ4v) is 6.33. The van der Waals surface area contributed by atoms with Gasteiger partial charge in [-0.1, -0.05) is 47.6 Å². The summed E-state index contributed by atoms with van der Waals surface area (Å²) in [5.41, 5.74) is 2.88. The Morgan fingerprint density at radius 2 is 1.42 bits per heavy atom. The van der Waals surface area contributed by atoms with Gasteiger partial charge >= 0.3 is 0 Å². The predicted molar refractivity (Wildman–Crippen MR) is 142 cm³/mol. The van der Waals surface area contributed by atoms with Gasteiger partial charge in [0.15, 0.2) is 6.29 Å². The van der Waals surface area contributed by atoms with Crippen molar-refractivity contribution in [2.45, 2.75) is 86.5 Å². The van der Waals surface area contributed by atoms with Gasteiger partial charge in [0.25, 0.3) is 0 Å². The lowest BCUT2D eigenvalue weighted by Crippen LogP contribution is -2.31. The molecule has 1 aromatic heterocycles. The Hall–Kier alpha value is -1.26. The van der Waals surface area contributed by atoms with Gasteiger partial charge in [-0.3, -0.25) is 4.79 Å². The second-order valence-corrected chi connectivity index (χ2v) is 16.2. The molecule has 0 amide bonds. The molecular weight excluding hydrogens is 465 g/mol. The zero-order chi connectivity index (χ0) is 25.0. The van der Waals surface area contributed by atoms with Crippen molar-refractivity contribution >= 4 is 35.7 Å². The first-order valence-electron chi connectivity index (χ1n) is 11.4. The fraction of sp³-hybridized carbons (Fsp3) is 0.577. The van der Waals surface area contributed by atoms with E-state index in [0.717, 1.165) is 22.5 Å². The lowest BCUT2D eigenvalue weighted by atomic mass is 9.77. The summed E-state index contributed by atoms with van der Waals surface area (Å²) in [5, 5.41) is 1.86. The highest BCUT2D eigenvalue weighted by Crippen LogP contribution is 2.46. The quantitative estimate of drug-likeness (QED) is 0.244. The second-order valence-electron chi connectivity index (χ2n) is 11.1. The molecule has 182 valence electrons. The van der Waals surface area contributed by atoms with Crippen LogP contribution in [0.3, 0.4) is 0 Å². The topological polar surface area (TPSA) is 44.8 Å². The molecule has 2 unspecified atom stereocenters. The van der Waals surface area contributed by atoms with E-state index in [-0.39, 0.29) is 23.0 Å². The van der Waals surface area contributed by atoms with Crippen molar-refractivity contribution in [2.75, 3.05) is 0 Å². The van der Waals surface area contributed by atoms with Crippen LogP contribution < -0.4 is 4.74 Å². The van der Waals surface area contributed by atoms with E-state index in [9.17, 15) is 4.79 Å². The minimum absolute atomic E-state index is 0.0317. The summed E-state index contributed by atoms with van der Waals surface area (Å²) in [5.74, 6) is 0.805. The first-order valence-corrected chi connectivity index (χ1v) is 17.1. The molecule has 1 aromatic carbocycles. The van der Waals surface area contributed by atoms with E-state index < -0.39 is 18.1 Å². The van der Waals surface area contributed by atoms with E-state index in [1.54, 1.807) is 11.3 Å². The van der Waals surface area contributed by atoms with Crippen LogP contribution in [0.15, 0.2) is 29.6 Å². The molecule has 2 radical (unpaired) electrons. The van der Waals surface area contributed by atoms with Gasteiger partial charge in [0.05, 0.1) is 12.2 Å². The van der Waals surface area contributed by atoms with Crippen LogP contribution in [0.5, 0.6) is 5.75 Å². The molecule has 0 aliphatic carbocycles. The van der Waals surface area contributed by atoms with E-state index in [0.29, 0.717) is 12.2 Å². The van der Waals surface area contributed by atoms with Crippen LogP contribution in [-0.4, -0.2) is 24.4 Å². The summed E-state index contributed by atoms with van der Waals surface area (Å²) < 4.78 is 19.4. The summed E-state index contributed by atoms with van der Waals surface area (Å²) in [6, 6.07) is 8.23. The van der Waals surface area contributed by atoms with Crippen LogP contribution in [0.1, 0.15) is 80.1 Å². The van der Waals surface area contributed by atoms with Crippen molar-refractivity contribution < 1.29 is 18.4 Å². The van der Waals surface area contributed by atoms with Gasteiger partial charge in [-0.15, -0.1) is 11.3 Å². The molecule has 0 aliphatic heterocycles. The van der Waals surface area contributed by atoms with E-state index in [1.165, 1.54) is 5.56 Å². The van der Waals surface area contributed by atoms with Crippen LogP contribution in [0.4, 0.5) is 0 Å². The third-order valence-corrected chi connectivity index (χ3v) is 7.44. The maximum atomic E-state index is 11.0. The van der Waals surface area contributed by atoms with Crippen molar-refractivity contribution in [1.82, 2.24) is 0 Å². The number of rotatable bonds is 10. The van der Waals surface area contributed by atoms with Crippen LogP contribution >= 0.6 is 11.3 Å². The van der Waals surface area contributed by atoms with Gasteiger partial charge in [-0.05, 0) is 66.3 Å². The molecule has 0 spiro atoms. The number of benzene rings is 1. The molecule has 0 saturated heterocycles. The summed E-state index contributed by atoms with van der Waals surface area (Å²) in [4.78, 5) is 12.0. The molecule has 2 atom stereocenters. The number of aldehydes is 1. The molecule has 0 N–H and O–H groups in total. The Labute approximate surface area is 208 Å². The largest absolute Gasteiger partial charge is 0.488 e. The summed E-state index contributed by atoms with van der Waals surface area (Å²) in [6.07, 6.45) is 0.772. The molecule has 0 saturated carbocycles. The highest BCUT2D eigenvalue weighted by atomic mass is 32.1. The average molecular weight is 505 g/mol. The third kappa shape index (κ3) is 8.17. The Morgan fingerprint density at radius 3 is 1.88 bits per heavy atom. The Morgan fingerprint density at radius 1 is 0.879 bits per heavy atom. The van der Waals surface area contributed by atoms with Crippen molar-refractivity contribution in [3.63, 3.8) is 0 Å². The van der Waals surface area contributed by atoms with Gasteiger partial charge < -0.3 is 13.6 Å². The molecular formula is C26H40O4SSi2. The SMILES string of the molecule is C[Si](C)OC(c1ccc(OCc2cc(C=O)cs2)cc1C(O[Si](C)C)C(C)(C)C)C(C)(C)C. The minimum Gasteiger partial charge on any atom is -0.488 e. The van der Waals surface area contributed by atoms with Crippen molar-refractivity contribution in [1.29, 1.82) is 0 Å². The molecule has 1 heterocycles. The van der Waals surface area contributed by atoms with Crippen LogP contribution in [0.25, 0.3) is 0 Å². The highest BCUT2D eigenvalue weighted by molar-refractivity contribution is 7.10. The molecule has 0 fully saturated rings. The Kier molecular flexibility index (Phi) is 9.71. The normalized spacial score (nSPS) is 14.5. The first kappa shape index (κ1) is 28.0. The van der Waals surface area contributed by atoms with Crippen LogP contribution in [0.2, 0.25) is 26.2 Å². The number of hydrogen-bond acceptors (Lipinski definition) is 5. The third-order valence-electron chi connectivity index (χ3n) is 5.09. The number of carbonyl (C=O) groups excluding carboxylic acids is 1. The van der Waals surface area contributed by atoms with Gasteiger partial charge in [-0.25, -0.2) is 0 Å². The van der Waals surface area contributed by atoms with Crippen LogP contribution in [0, 0.1) is 10.8 Å². The lowest BCUT2D eigenvalue weighted by molar-refractivity contribution is 0.0653. The summed E-state index contributed by atoms with van der Waals surface area (Å²) >= 11 is 1.54. The number of hydrogen-bond donors (Lipinski definition) is 0. The molecule has 7 heteroatoms. The van der Waals surface area contributed by atoms with Crippen LogP contribution in [-0.2, 0) is 15.5 Å². The molecule has 33 heavy (non-hydrogen) atoms. The molecule has 2 rings (SSSR count). The molecule has 0 aliphatic rings. The second kappa shape index (κ2) is 11.4. The maximum Gasteiger partial charge on any atom is 0.205 e. The van der Waals surface area contributed by atoms with Gasteiger partial charge in [0.1, 0.15) is 12.4 Å². The van der Waals surface area contributed by atoms with Gasteiger partial charge in [0.2, 0.25) is 18.1 Å². The lowest BCUT2D eigenvalue weighted by Gasteiger charge is -2.39.